The monoisotopic (exact) mass is 223 g/mol. The smallest absolute Gasteiger partial charge is 0.00926 e. The summed E-state index contributed by atoms with van der Waals surface area (Å²) in [6.45, 7) is 2.40. The fraction of sp³-hybridized carbons (Fsp3) is 0.538. The number of aryl methyl sites for hydroxylation is 1. The second kappa shape index (κ2) is 4.15. The molecule has 0 aromatic heterocycles. The number of hydrogen-bond donors (Lipinski definition) is 1. The van der Waals surface area contributed by atoms with Crippen molar-refractivity contribution in [1.29, 1.82) is 0 Å². The second-order valence-corrected chi connectivity index (χ2v) is 4.72. The van der Waals surface area contributed by atoms with Crippen molar-refractivity contribution in [3.8, 4) is 0 Å². The molecule has 1 aromatic rings. The first-order valence-corrected chi connectivity index (χ1v) is 5.70. The van der Waals surface area contributed by atoms with Gasteiger partial charge in [-0.3, -0.25) is 0 Å². The van der Waals surface area contributed by atoms with Crippen LogP contribution in [-0.2, 0) is 11.8 Å². The van der Waals surface area contributed by atoms with Crippen LogP contribution in [0.5, 0.6) is 0 Å². The minimum atomic E-state index is 0. The zero-order chi connectivity index (χ0) is 9.43. The van der Waals surface area contributed by atoms with Gasteiger partial charge in [0, 0.05) is 12.0 Å². The van der Waals surface area contributed by atoms with Gasteiger partial charge in [0.05, 0.1) is 0 Å². The largest absolute Gasteiger partial charge is 0.316 e. The highest BCUT2D eigenvalue weighted by molar-refractivity contribution is 5.85. The van der Waals surface area contributed by atoms with Crippen LogP contribution in [0.2, 0.25) is 0 Å². The highest BCUT2D eigenvalue weighted by Gasteiger charge is 2.38. The Hall–Kier alpha value is -0.530. The molecule has 1 aliphatic carbocycles. The molecule has 1 saturated heterocycles. The van der Waals surface area contributed by atoms with Crippen LogP contribution in [-0.4, -0.2) is 13.1 Å². The molecule has 2 aliphatic rings. The minimum Gasteiger partial charge on any atom is -0.316 e. The number of hydrogen-bond acceptors (Lipinski definition) is 1. The average molecular weight is 224 g/mol. The molecule has 0 radical (unpaired) electrons. The van der Waals surface area contributed by atoms with Crippen LogP contribution in [0.4, 0.5) is 0 Å². The molecule has 1 nitrogen and oxygen atoms in total. The first kappa shape index (κ1) is 11.0. The van der Waals surface area contributed by atoms with Crippen LogP contribution in [0.1, 0.15) is 30.4 Å². The Labute approximate surface area is 97.7 Å². The summed E-state index contributed by atoms with van der Waals surface area (Å²) in [7, 11) is 0. The summed E-state index contributed by atoms with van der Waals surface area (Å²) in [5.74, 6) is 0. The number of rotatable bonds is 0. The molecule has 1 aromatic carbocycles. The van der Waals surface area contributed by atoms with Gasteiger partial charge >= 0.3 is 0 Å². The molecule has 1 atom stereocenters. The van der Waals surface area contributed by atoms with Gasteiger partial charge in [-0.1, -0.05) is 24.3 Å². The molecular formula is C13H18ClN. The summed E-state index contributed by atoms with van der Waals surface area (Å²) in [4.78, 5) is 0. The summed E-state index contributed by atoms with van der Waals surface area (Å²) in [5, 5.41) is 3.52. The van der Waals surface area contributed by atoms with Gasteiger partial charge in [0.25, 0.3) is 0 Å². The van der Waals surface area contributed by atoms with E-state index in [1.165, 1.54) is 38.8 Å². The molecule has 3 rings (SSSR count). The van der Waals surface area contributed by atoms with Gasteiger partial charge < -0.3 is 5.32 Å². The van der Waals surface area contributed by atoms with E-state index in [-0.39, 0.29) is 12.4 Å². The van der Waals surface area contributed by atoms with Crippen molar-refractivity contribution in [3.05, 3.63) is 35.4 Å². The van der Waals surface area contributed by atoms with Crippen LogP contribution in [0.25, 0.3) is 0 Å². The fourth-order valence-corrected chi connectivity index (χ4v) is 3.19. The minimum absolute atomic E-state index is 0. The van der Waals surface area contributed by atoms with E-state index < -0.39 is 0 Å². The third kappa shape index (κ3) is 1.68. The lowest BCUT2D eigenvalue weighted by molar-refractivity contribution is 0.393. The molecule has 15 heavy (non-hydrogen) atoms. The molecular weight excluding hydrogens is 206 g/mol. The highest BCUT2D eigenvalue weighted by Crippen LogP contribution is 2.41. The van der Waals surface area contributed by atoms with Crippen molar-refractivity contribution >= 4 is 12.4 Å². The van der Waals surface area contributed by atoms with E-state index in [1.54, 1.807) is 11.1 Å². The van der Waals surface area contributed by atoms with Gasteiger partial charge in [-0.25, -0.2) is 0 Å². The molecule has 1 unspecified atom stereocenters. The molecule has 0 saturated carbocycles. The molecule has 2 heteroatoms. The van der Waals surface area contributed by atoms with E-state index in [0.717, 1.165) is 0 Å². The van der Waals surface area contributed by atoms with Crippen LogP contribution in [0.15, 0.2) is 24.3 Å². The number of benzene rings is 1. The summed E-state index contributed by atoms with van der Waals surface area (Å²) in [6.07, 6.45) is 5.39. The zero-order valence-electron chi connectivity index (χ0n) is 8.96. The second-order valence-electron chi connectivity index (χ2n) is 4.72. The van der Waals surface area contributed by atoms with Crippen LogP contribution in [0, 0.1) is 0 Å². The number of nitrogens with one attached hydrogen (secondary N) is 1. The van der Waals surface area contributed by atoms with E-state index >= 15 is 0 Å². The van der Waals surface area contributed by atoms with Crippen LogP contribution in [0.3, 0.4) is 0 Å². The molecule has 1 spiro atoms. The van der Waals surface area contributed by atoms with Gasteiger partial charge in [-0.2, -0.15) is 0 Å². The van der Waals surface area contributed by atoms with Gasteiger partial charge in [0.15, 0.2) is 0 Å². The van der Waals surface area contributed by atoms with E-state index in [0.29, 0.717) is 5.41 Å². The number of fused-ring (bicyclic) bond motifs is 2. The first-order chi connectivity index (χ1) is 6.91. The lowest BCUT2D eigenvalue weighted by Crippen LogP contribution is -2.33. The third-order valence-corrected chi connectivity index (χ3v) is 3.93. The Morgan fingerprint density at radius 3 is 2.80 bits per heavy atom. The SMILES string of the molecule is Cl.c1ccc2c(c1)CCCC21CCNC1. The third-order valence-electron chi connectivity index (χ3n) is 3.93. The van der Waals surface area contributed by atoms with Crippen molar-refractivity contribution in [2.75, 3.05) is 13.1 Å². The standard InChI is InChI=1S/C13H17N.ClH/c1-2-6-12-11(4-1)5-3-7-13(12)8-9-14-10-13;/h1-2,4,6,14H,3,5,7-10H2;1H. The Morgan fingerprint density at radius 2 is 2.00 bits per heavy atom. The van der Waals surface area contributed by atoms with E-state index in [9.17, 15) is 0 Å². The Balaban J connectivity index is 0.000000853. The van der Waals surface area contributed by atoms with Crippen LogP contribution < -0.4 is 5.32 Å². The van der Waals surface area contributed by atoms with Crippen molar-refractivity contribution < 1.29 is 0 Å². The van der Waals surface area contributed by atoms with Crippen molar-refractivity contribution in [2.24, 2.45) is 0 Å². The predicted molar refractivity (Wildman–Crippen MR) is 65.8 cm³/mol. The lowest BCUT2D eigenvalue weighted by atomic mass is 9.69. The topological polar surface area (TPSA) is 12.0 Å². The van der Waals surface area contributed by atoms with Gasteiger partial charge in [-0.15, -0.1) is 12.4 Å². The van der Waals surface area contributed by atoms with Crippen molar-refractivity contribution in [3.63, 3.8) is 0 Å². The van der Waals surface area contributed by atoms with E-state index in [1.807, 2.05) is 0 Å². The van der Waals surface area contributed by atoms with Gasteiger partial charge in [0.2, 0.25) is 0 Å². The van der Waals surface area contributed by atoms with Crippen molar-refractivity contribution in [2.45, 2.75) is 31.1 Å². The lowest BCUT2D eigenvalue weighted by Gasteiger charge is -2.35. The van der Waals surface area contributed by atoms with Gasteiger partial charge in [-0.05, 0) is 43.4 Å². The first-order valence-electron chi connectivity index (χ1n) is 5.70. The predicted octanol–water partition coefficient (Wildman–Crippen LogP) is 2.68. The molecule has 1 fully saturated rings. The Morgan fingerprint density at radius 1 is 1.13 bits per heavy atom. The maximum Gasteiger partial charge on any atom is 0.00926 e. The maximum atomic E-state index is 3.52. The molecule has 1 heterocycles. The summed E-state index contributed by atoms with van der Waals surface area (Å²) in [5.41, 5.74) is 3.73. The molecule has 1 N–H and O–H groups in total. The molecule has 0 amide bonds. The average Bonchev–Trinajstić information content (AvgIpc) is 2.68. The highest BCUT2D eigenvalue weighted by atomic mass is 35.5. The van der Waals surface area contributed by atoms with Crippen molar-refractivity contribution in [1.82, 2.24) is 5.32 Å². The quantitative estimate of drug-likeness (QED) is 0.713. The molecule has 82 valence electrons. The molecule has 1 aliphatic heterocycles. The van der Waals surface area contributed by atoms with E-state index in [4.69, 9.17) is 0 Å². The zero-order valence-corrected chi connectivity index (χ0v) is 9.78. The molecule has 0 bridgehead atoms. The maximum absolute atomic E-state index is 3.52. The van der Waals surface area contributed by atoms with E-state index in [2.05, 4.69) is 29.6 Å². The van der Waals surface area contributed by atoms with Gasteiger partial charge in [0.1, 0.15) is 0 Å². The Bertz CT molecular complexity index is 342. The summed E-state index contributed by atoms with van der Waals surface area (Å²) in [6, 6.07) is 9.04. The fourth-order valence-electron chi connectivity index (χ4n) is 3.19. The van der Waals surface area contributed by atoms with Crippen LogP contribution >= 0.6 is 12.4 Å². The summed E-state index contributed by atoms with van der Waals surface area (Å²) >= 11 is 0. The number of halogens is 1. The summed E-state index contributed by atoms with van der Waals surface area (Å²) < 4.78 is 0. The Kier molecular flexibility index (Phi) is 3.03. The normalized spacial score (nSPS) is 28.5.